The summed E-state index contributed by atoms with van der Waals surface area (Å²) in [6, 6.07) is 16.5. The normalized spacial score (nSPS) is 11.6. The summed E-state index contributed by atoms with van der Waals surface area (Å²) >= 11 is 6.12. The van der Waals surface area contributed by atoms with Crippen LogP contribution in [0.3, 0.4) is 0 Å². The van der Waals surface area contributed by atoms with Crippen molar-refractivity contribution in [2.45, 2.75) is 19.9 Å². The first kappa shape index (κ1) is 17.0. The van der Waals surface area contributed by atoms with Crippen molar-refractivity contribution in [1.82, 2.24) is 5.32 Å². The van der Waals surface area contributed by atoms with Gasteiger partial charge >= 0.3 is 0 Å². The maximum Gasteiger partial charge on any atom is 0.240 e. The number of rotatable bonds is 5. The van der Waals surface area contributed by atoms with E-state index >= 15 is 0 Å². The van der Waals surface area contributed by atoms with Gasteiger partial charge in [-0.3, -0.25) is 9.59 Å². The van der Waals surface area contributed by atoms with Crippen molar-refractivity contribution < 1.29 is 9.59 Å². The van der Waals surface area contributed by atoms with E-state index in [1.807, 2.05) is 37.3 Å². The van der Waals surface area contributed by atoms with Crippen molar-refractivity contribution in [2.75, 3.05) is 11.4 Å². The van der Waals surface area contributed by atoms with Crippen molar-refractivity contribution in [3.05, 3.63) is 65.2 Å². The molecule has 0 spiro atoms. The Balaban J connectivity index is 2.07. The Morgan fingerprint density at radius 2 is 1.70 bits per heavy atom. The zero-order valence-corrected chi connectivity index (χ0v) is 13.9. The van der Waals surface area contributed by atoms with Crippen molar-refractivity contribution in [2.24, 2.45) is 0 Å². The third-order valence-corrected chi connectivity index (χ3v) is 3.82. The largest absolute Gasteiger partial charge is 0.348 e. The van der Waals surface area contributed by atoms with Gasteiger partial charge in [-0.1, -0.05) is 54.1 Å². The SMILES string of the molecule is CC(=O)N(CC(=O)NC(C)c1ccccc1)c1ccccc1Cl. The zero-order chi connectivity index (χ0) is 16.8. The molecule has 0 saturated heterocycles. The molecule has 1 N–H and O–H groups in total. The molecular formula is C18H19ClN2O2. The van der Waals surface area contributed by atoms with E-state index in [-0.39, 0.29) is 24.4 Å². The van der Waals surface area contributed by atoms with E-state index in [1.165, 1.54) is 11.8 Å². The van der Waals surface area contributed by atoms with Crippen LogP contribution in [0, 0.1) is 0 Å². The van der Waals surface area contributed by atoms with Gasteiger partial charge < -0.3 is 10.2 Å². The smallest absolute Gasteiger partial charge is 0.240 e. The number of halogens is 1. The van der Waals surface area contributed by atoms with Crippen molar-refractivity contribution in [3.8, 4) is 0 Å². The van der Waals surface area contributed by atoms with Gasteiger partial charge in [0.05, 0.1) is 16.8 Å². The average Bonchev–Trinajstić information content (AvgIpc) is 2.54. The Hall–Kier alpha value is -2.33. The Labute approximate surface area is 141 Å². The number of amides is 2. The highest BCUT2D eigenvalue weighted by molar-refractivity contribution is 6.33. The molecule has 0 fully saturated rings. The molecule has 5 heteroatoms. The second-order valence-corrected chi connectivity index (χ2v) is 5.66. The quantitative estimate of drug-likeness (QED) is 0.911. The highest BCUT2D eigenvalue weighted by Gasteiger charge is 2.19. The van der Waals surface area contributed by atoms with Gasteiger partial charge in [0.25, 0.3) is 0 Å². The van der Waals surface area contributed by atoms with Crippen LogP contribution in [-0.4, -0.2) is 18.4 Å². The second kappa shape index (κ2) is 7.79. The monoisotopic (exact) mass is 330 g/mol. The Kier molecular flexibility index (Phi) is 5.77. The first-order valence-corrected chi connectivity index (χ1v) is 7.73. The summed E-state index contributed by atoms with van der Waals surface area (Å²) in [7, 11) is 0. The summed E-state index contributed by atoms with van der Waals surface area (Å²) in [5.74, 6) is -0.475. The molecule has 2 rings (SSSR count). The third kappa shape index (κ3) is 4.57. The maximum absolute atomic E-state index is 12.3. The van der Waals surface area contributed by atoms with Gasteiger partial charge in [-0.05, 0) is 24.6 Å². The average molecular weight is 331 g/mol. The number of benzene rings is 2. The summed E-state index contributed by atoms with van der Waals surface area (Å²) in [6.07, 6.45) is 0. The number of carbonyl (C=O) groups is 2. The Morgan fingerprint density at radius 1 is 1.09 bits per heavy atom. The van der Waals surface area contributed by atoms with E-state index in [9.17, 15) is 9.59 Å². The number of hydrogen-bond acceptors (Lipinski definition) is 2. The van der Waals surface area contributed by atoms with Gasteiger partial charge in [0.2, 0.25) is 11.8 Å². The van der Waals surface area contributed by atoms with Crippen LogP contribution in [0.5, 0.6) is 0 Å². The number of nitrogens with zero attached hydrogens (tertiary/aromatic N) is 1. The van der Waals surface area contributed by atoms with E-state index in [4.69, 9.17) is 11.6 Å². The molecule has 23 heavy (non-hydrogen) atoms. The molecule has 0 bridgehead atoms. The first-order chi connectivity index (χ1) is 11.0. The molecular weight excluding hydrogens is 312 g/mol. The highest BCUT2D eigenvalue weighted by atomic mass is 35.5. The van der Waals surface area contributed by atoms with E-state index in [1.54, 1.807) is 24.3 Å². The van der Waals surface area contributed by atoms with Crippen molar-refractivity contribution in [3.63, 3.8) is 0 Å². The van der Waals surface area contributed by atoms with Crippen molar-refractivity contribution >= 4 is 29.1 Å². The van der Waals surface area contributed by atoms with Gasteiger partial charge in [-0.15, -0.1) is 0 Å². The van der Waals surface area contributed by atoms with Crippen LogP contribution in [0.25, 0.3) is 0 Å². The minimum atomic E-state index is -0.239. The van der Waals surface area contributed by atoms with Crippen molar-refractivity contribution in [1.29, 1.82) is 0 Å². The van der Waals surface area contributed by atoms with Gasteiger partial charge in [0, 0.05) is 6.92 Å². The van der Waals surface area contributed by atoms with Crippen LogP contribution in [0.15, 0.2) is 54.6 Å². The molecule has 2 aromatic rings. The predicted octanol–water partition coefficient (Wildman–Crippen LogP) is 3.57. The number of nitrogens with one attached hydrogen (secondary N) is 1. The number of carbonyl (C=O) groups excluding carboxylic acids is 2. The van der Waals surface area contributed by atoms with Gasteiger partial charge in [0.15, 0.2) is 0 Å². The van der Waals surface area contributed by atoms with Crippen LogP contribution >= 0.6 is 11.6 Å². The number of para-hydroxylation sites is 1. The molecule has 2 aromatic carbocycles. The molecule has 0 aliphatic rings. The fourth-order valence-corrected chi connectivity index (χ4v) is 2.53. The second-order valence-electron chi connectivity index (χ2n) is 5.26. The lowest BCUT2D eigenvalue weighted by atomic mass is 10.1. The molecule has 120 valence electrons. The number of anilines is 1. The van der Waals surface area contributed by atoms with Crippen LogP contribution in [0.2, 0.25) is 5.02 Å². The molecule has 2 amide bonds. The Morgan fingerprint density at radius 3 is 2.30 bits per heavy atom. The molecule has 1 atom stereocenters. The molecule has 0 aliphatic heterocycles. The fourth-order valence-electron chi connectivity index (χ4n) is 2.29. The lowest BCUT2D eigenvalue weighted by Gasteiger charge is -2.23. The molecule has 1 unspecified atom stereocenters. The summed E-state index contributed by atoms with van der Waals surface area (Å²) in [5.41, 5.74) is 1.54. The minimum absolute atomic E-state index is 0.0732. The molecule has 0 aliphatic carbocycles. The lowest BCUT2D eigenvalue weighted by molar-refractivity contribution is -0.123. The highest BCUT2D eigenvalue weighted by Crippen LogP contribution is 2.25. The fraction of sp³-hybridized carbons (Fsp3) is 0.222. The van der Waals surface area contributed by atoms with Gasteiger partial charge in [-0.2, -0.15) is 0 Å². The predicted molar refractivity (Wildman–Crippen MR) is 92.5 cm³/mol. The van der Waals surface area contributed by atoms with Gasteiger partial charge in [-0.25, -0.2) is 0 Å². The minimum Gasteiger partial charge on any atom is -0.348 e. The molecule has 0 radical (unpaired) electrons. The van der Waals surface area contributed by atoms with E-state index in [2.05, 4.69) is 5.32 Å². The van der Waals surface area contributed by atoms with E-state index in [0.717, 1.165) is 5.56 Å². The Bertz CT molecular complexity index is 688. The molecule has 4 nitrogen and oxygen atoms in total. The first-order valence-electron chi connectivity index (χ1n) is 7.36. The van der Waals surface area contributed by atoms with Gasteiger partial charge in [0.1, 0.15) is 6.54 Å². The standard InChI is InChI=1S/C18H19ClN2O2/c1-13(15-8-4-3-5-9-15)20-18(23)12-21(14(2)22)17-11-7-6-10-16(17)19/h3-11,13H,12H2,1-2H3,(H,20,23). The van der Waals surface area contributed by atoms with Crippen LogP contribution in [0.1, 0.15) is 25.5 Å². The van der Waals surface area contributed by atoms with Crippen LogP contribution < -0.4 is 10.2 Å². The summed E-state index contributed by atoms with van der Waals surface area (Å²) in [6.45, 7) is 3.24. The maximum atomic E-state index is 12.3. The summed E-state index contributed by atoms with van der Waals surface area (Å²) in [4.78, 5) is 25.5. The topological polar surface area (TPSA) is 49.4 Å². The molecule has 0 aromatic heterocycles. The zero-order valence-electron chi connectivity index (χ0n) is 13.1. The van der Waals surface area contributed by atoms with Crippen LogP contribution in [-0.2, 0) is 9.59 Å². The molecule has 0 saturated carbocycles. The van der Waals surface area contributed by atoms with Crippen LogP contribution in [0.4, 0.5) is 5.69 Å². The van der Waals surface area contributed by atoms with E-state index in [0.29, 0.717) is 10.7 Å². The van der Waals surface area contributed by atoms with E-state index < -0.39 is 0 Å². The number of hydrogen-bond donors (Lipinski definition) is 1. The molecule has 0 heterocycles. The summed E-state index contributed by atoms with van der Waals surface area (Å²) < 4.78 is 0. The summed E-state index contributed by atoms with van der Waals surface area (Å²) in [5, 5.41) is 3.33. The lowest BCUT2D eigenvalue weighted by Crippen LogP contribution is -2.40. The third-order valence-electron chi connectivity index (χ3n) is 3.50.